The van der Waals surface area contributed by atoms with E-state index in [1.165, 1.54) is 32.1 Å². The maximum atomic E-state index is 5.70. The quantitative estimate of drug-likeness (QED) is 0.222. The molecule has 0 N–H and O–H groups in total. The monoisotopic (exact) mass is 475 g/mol. The molecule has 35 heavy (non-hydrogen) atoms. The Bertz CT molecular complexity index is 1630. The van der Waals surface area contributed by atoms with Crippen molar-refractivity contribution in [3.05, 3.63) is 96.3 Å². The maximum Gasteiger partial charge on any atom is 0.124 e. The van der Waals surface area contributed by atoms with Crippen molar-refractivity contribution in [3.8, 4) is 10.6 Å². The zero-order valence-electron chi connectivity index (χ0n) is 19.5. The zero-order valence-corrected chi connectivity index (χ0v) is 20.3. The molecule has 4 nitrogen and oxygen atoms in total. The highest BCUT2D eigenvalue weighted by Gasteiger charge is 2.14. The number of fused-ring (bicyclic) bond motifs is 4. The van der Waals surface area contributed by atoms with Gasteiger partial charge in [-0.3, -0.25) is 4.98 Å². The average molecular weight is 476 g/mol. The Hall–Kier alpha value is -3.80. The minimum atomic E-state index is 0.693. The van der Waals surface area contributed by atoms with Crippen molar-refractivity contribution in [2.75, 3.05) is 13.2 Å². The van der Waals surface area contributed by atoms with Crippen molar-refractivity contribution < 1.29 is 4.74 Å². The number of ether oxygens (including phenoxy) is 1. The molecule has 3 heterocycles. The molecule has 3 aromatic carbocycles. The predicted molar refractivity (Wildman–Crippen MR) is 148 cm³/mol. The first kappa shape index (κ1) is 21.7. The summed E-state index contributed by atoms with van der Waals surface area (Å²) in [5.41, 5.74) is 6.96. The van der Waals surface area contributed by atoms with Crippen molar-refractivity contribution >= 4 is 55.5 Å². The molecule has 5 heteroatoms. The van der Waals surface area contributed by atoms with Gasteiger partial charge in [-0.2, -0.15) is 0 Å². The summed E-state index contributed by atoms with van der Waals surface area (Å²) >= 11 is 1.74. The van der Waals surface area contributed by atoms with Crippen molar-refractivity contribution in [3.63, 3.8) is 0 Å². The molecular formula is C30H25N3OS. The van der Waals surface area contributed by atoms with Gasteiger partial charge in [-0.05, 0) is 72.6 Å². The fourth-order valence-electron chi connectivity index (χ4n) is 4.56. The Kier molecular flexibility index (Phi) is 5.86. The summed E-state index contributed by atoms with van der Waals surface area (Å²) < 4.78 is 9.28. The van der Waals surface area contributed by atoms with E-state index in [0.717, 1.165) is 34.8 Å². The van der Waals surface area contributed by atoms with E-state index in [4.69, 9.17) is 9.72 Å². The van der Waals surface area contributed by atoms with Crippen molar-refractivity contribution in [1.29, 1.82) is 0 Å². The van der Waals surface area contributed by atoms with E-state index in [1.807, 2.05) is 37.5 Å². The lowest BCUT2D eigenvalue weighted by atomic mass is 10.1. The Morgan fingerprint density at radius 3 is 2.46 bits per heavy atom. The van der Waals surface area contributed by atoms with E-state index in [9.17, 15) is 0 Å². The smallest absolute Gasteiger partial charge is 0.124 e. The van der Waals surface area contributed by atoms with Gasteiger partial charge >= 0.3 is 0 Å². The van der Waals surface area contributed by atoms with Crippen LogP contribution in [0.1, 0.15) is 18.1 Å². The molecular weight excluding hydrogens is 450 g/mol. The molecule has 6 rings (SSSR count). The second-order valence-corrected chi connectivity index (χ2v) is 9.49. The Morgan fingerprint density at radius 2 is 1.63 bits per heavy atom. The molecule has 6 aromatic rings. The van der Waals surface area contributed by atoms with Gasteiger partial charge in [0.2, 0.25) is 0 Å². The Balaban J connectivity index is 1.48. The molecule has 0 spiro atoms. The van der Waals surface area contributed by atoms with Crippen LogP contribution in [0.25, 0.3) is 54.7 Å². The Labute approximate surface area is 208 Å². The predicted octanol–water partition coefficient (Wildman–Crippen LogP) is 7.67. The fourth-order valence-corrected chi connectivity index (χ4v) is 5.52. The first-order valence-corrected chi connectivity index (χ1v) is 12.7. The van der Waals surface area contributed by atoms with Gasteiger partial charge in [0.15, 0.2) is 0 Å². The van der Waals surface area contributed by atoms with Gasteiger partial charge in [0.05, 0.1) is 16.8 Å². The van der Waals surface area contributed by atoms with Crippen LogP contribution in [0.15, 0.2) is 85.2 Å². The average Bonchev–Trinajstić information content (AvgIpc) is 3.47. The number of rotatable bonds is 7. The lowest BCUT2D eigenvalue weighted by Gasteiger charge is -2.08. The zero-order chi connectivity index (χ0) is 23.6. The minimum Gasteiger partial charge on any atom is -0.380 e. The maximum absolute atomic E-state index is 5.70. The third-order valence-corrected chi connectivity index (χ3v) is 7.35. The molecule has 3 aromatic heterocycles. The number of hydrogen-bond donors (Lipinski definition) is 0. The molecule has 0 bridgehead atoms. The summed E-state index contributed by atoms with van der Waals surface area (Å²) in [6, 6.07) is 25.8. The molecule has 0 unspecified atom stereocenters. The van der Waals surface area contributed by atoms with Crippen LogP contribution in [-0.4, -0.2) is 27.7 Å². The highest BCUT2D eigenvalue weighted by molar-refractivity contribution is 7.21. The third kappa shape index (κ3) is 4.25. The van der Waals surface area contributed by atoms with Gasteiger partial charge in [0.1, 0.15) is 5.01 Å². The number of pyridine rings is 1. The number of benzene rings is 3. The Morgan fingerprint density at radius 1 is 0.857 bits per heavy atom. The van der Waals surface area contributed by atoms with Gasteiger partial charge in [-0.1, -0.05) is 30.4 Å². The number of aromatic nitrogens is 3. The molecule has 0 saturated carbocycles. The fraction of sp³-hybridized carbons (Fsp3) is 0.133. The van der Waals surface area contributed by atoms with Crippen LogP contribution in [0.5, 0.6) is 0 Å². The molecule has 0 aliphatic carbocycles. The second-order valence-electron chi connectivity index (χ2n) is 8.46. The van der Waals surface area contributed by atoms with Crippen LogP contribution in [-0.2, 0) is 11.3 Å². The largest absolute Gasteiger partial charge is 0.380 e. The first-order chi connectivity index (χ1) is 17.3. The number of nitrogens with zero attached hydrogens (tertiary/aromatic N) is 3. The molecule has 0 radical (unpaired) electrons. The van der Waals surface area contributed by atoms with Gasteiger partial charge < -0.3 is 9.30 Å². The first-order valence-electron chi connectivity index (χ1n) is 11.9. The van der Waals surface area contributed by atoms with Crippen molar-refractivity contribution in [2.24, 2.45) is 0 Å². The van der Waals surface area contributed by atoms with Crippen LogP contribution in [0.4, 0.5) is 0 Å². The SMILES string of the molecule is CCOCCn1c2ccc(/C=C/c3ccncc3)cc2c2cc(-c3nc4ccccc4s3)ccc21. The third-order valence-electron chi connectivity index (χ3n) is 6.27. The highest BCUT2D eigenvalue weighted by atomic mass is 32.1. The van der Waals surface area contributed by atoms with Crippen molar-refractivity contribution in [2.45, 2.75) is 13.5 Å². The van der Waals surface area contributed by atoms with E-state index in [1.54, 1.807) is 11.3 Å². The van der Waals surface area contributed by atoms with Crippen LogP contribution in [0, 0.1) is 0 Å². The molecule has 0 fully saturated rings. The van der Waals surface area contributed by atoms with Crippen LogP contribution >= 0.6 is 11.3 Å². The molecule has 172 valence electrons. The van der Waals surface area contributed by atoms with Gasteiger partial charge in [0.25, 0.3) is 0 Å². The summed E-state index contributed by atoms with van der Waals surface area (Å²) in [6.45, 7) is 4.28. The van der Waals surface area contributed by atoms with E-state index >= 15 is 0 Å². The summed E-state index contributed by atoms with van der Waals surface area (Å²) in [6.07, 6.45) is 7.93. The van der Waals surface area contributed by atoms with Crippen LogP contribution in [0.2, 0.25) is 0 Å². The van der Waals surface area contributed by atoms with Crippen LogP contribution < -0.4 is 0 Å². The highest BCUT2D eigenvalue weighted by Crippen LogP contribution is 2.36. The number of thiazole rings is 1. The number of para-hydroxylation sites is 1. The molecule has 0 aliphatic rings. The summed E-state index contributed by atoms with van der Waals surface area (Å²) in [5, 5.41) is 3.54. The van der Waals surface area contributed by atoms with Gasteiger partial charge in [-0.25, -0.2) is 4.98 Å². The van der Waals surface area contributed by atoms with E-state index in [2.05, 4.69) is 76.3 Å². The number of hydrogen-bond acceptors (Lipinski definition) is 4. The second kappa shape index (κ2) is 9.45. The summed E-state index contributed by atoms with van der Waals surface area (Å²) in [4.78, 5) is 9.00. The minimum absolute atomic E-state index is 0.693. The lowest BCUT2D eigenvalue weighted by molar-refractivity contribution is 0.140. The molecule has 0 aliphatic heterocycles. The van der Waals surface area contributed by atoms with E-state index < -0.39 is 0 Å². The van der Waals surface area contributed by atoms with E-state index in [-0.39, 0.29) is 0 Å². The van der Waals surface area contributed by atoms with E-state index in [0.29, 0.717) is 6.61 Å². The van der Waals surface area contributed by atoms with Gasteiger partial charge in [-0.15, -0.1) is 11.3 Å². The van der Waals surface area contributed by atoms with Gasteiger partial charge in [0, 0.05) is 52.9 Å². The molecule has 0 saturated heterocycles. The van der Waals surface area contributed by atoms with Crippen molar-refractivity contribution in [1.82, 2.24) is 14.5 Å². The topological polar surface area (TPSA) is 39.9 Å². The summed E-state index contributed by atoms with van der Waals surface area (Å²) in [7, 11) is 0. The summed E-state index contributed by atoms with van der Waals surface area (Å²) in [5.74, 6) is 0. The molecule has 0 atom stereocenters. The lowest BCUT2D eigenvalue weighted by Crippen LogP contribution is -2.05. The standard InChI is InChI=1S/C30H25N3OS/c1-2-34-18-17-33-27-11-9-22(8-7-21-13-15-31-16-14-21)19-24(27)25-20-23(10-12-28(25)33)30-32-26-5-3-4-6-29(26)35-30/h3-16,19-20H,2,17-18H2,1H3/b8-7+. The molecule has 0 amide bonds. The van der Waals surface area contributed by atoms with Crippen LogP contribution in [0.3, 0.4) is 0 Å². The normalized spacial score (nSPS) is 11.9.